The molecule has 0 spiro atoms. The van der Waals surface area contributed by atoms with Gasteiger partial charge in [-0.1, -0.05) is 30.3 Å². The molecular weight excluding hydrogens is 188 g/mol. The molecule has 1 heterocycles. The van der Waals surface area contributed by atoms with Crippen LogP contribution in [0.4, 0.5) is 0 Å². The molecule has 0 radical (unpaired) electrons. The van der Waals surface area contributed by atoms with Gasteiger partial charge in [0, 0.05) is 18.8 Å². The lowest BCUT2D eigenvalue weighted by atomic mass is 10.1. The Morgan fingerprint density at radius 2 is 2.00 bits per heavy atom. The Hall–Kier alpha value is -1.61. The second kappa shape index (κ2) is 4.75. The molecule has 2 rings (SSSR count). The van der Waals surface area contributed by atoms with Crippen LogP contribution in [0.25, 0.3) is 0 Å². The predicted octanol–water partition coefficient (Wildman–Crippen LogP) is 1.56. The lowest BCUT2D eigenvalue weighted by molar-refractivity contribution is 0.173. The first-order chi connectivity index (χ1) is 7.34. The summed E-state index contributed by atoms with van der Waals surface area (Å²) in [5, 5.41) is 9.81. The highest BCUT2D eigenvalue weighted by Gasteiger charge is 2.07. The third-order valence-electron chi connectivity index (χ3n) is 2.30. The zero-order valence-corrected chi connectivity index (χ0v) is 8.43. The number of aromatic amines is 1. The number of aliphatic hydroxyl groups excluding tert-OH is 1. The van der Waals surface area contributed by atoms with Crippen molar-refractivity contribution in [3.8, 4) is 0 Å². The van der Waals surface area contributed by atoms with Crippen molar-refractivity contribution in [1.29, 1.82) is 0 Å². The molecule has 15 heavy (non-hydrogen) atoms. The summed E-state index contributed by atoms with van der Waals surface area (Å²) in [4.78, 5) is 7.06. The molecule has 0 aliphatic heterocycles. The van der Waals surface area contributed by atoms with E-state index in [4.69, 9.17) is 0 Å². The van der Waals surface area contributed by atoms with Gasteiger partial charge in [0.25, 0.3) is 0 Å². The topological polar surface area (TPSA) is 48.9 Å². The SMILES string of the molecule is OC(Cc1ccccc1)Cc1ncc[nH]1. The van der Waals surface area contributed by atoms with E-state index in [1.165, 1.54) is 0 Å². The van der Waals surface area contributed by atoms with Crippen molar-refractivity contribution in [1.82, 2.24) is 9.97 Å². The van der Waals surface area contributed by atoms with Crippen molar-refractivity contribution >= 4 is 0 Å². The summed E-state index contributed by atoms with van der Waals surface area (Å²) in [6.07, 6.45) is 4.33. The highest BCUT2D eigenvalue weighted by atomic mass is 16.3. The Bertz CT molecular complexity index is 383. The lowest BCUT2D eigenvalue weighted by Crippen LogP contribution is -2.14. The molecule has 1 aromatic carbocycles. The molecule has 1 atom stereocenters. The molecule has 3 nitrogen and oxygen atoms in total. The fourth-order valence-corrected chi connectivity index (χ4v) is 1.59. The van der Waals surface area contributed by atoms with Crippen molar-refractivity contribution < 1.29 is 5.11 Å². The van der Waals surface area contributed by atoms with Gasteiger partial charge in [-0.15, -0.1) is 0 Å². The molecule has 0 aliphatic carbocycles. The molecule has 0 saturated carbocycles. The maximum atomic E-state index is 9.81. The first-order valence-electron chi connectivity index (χ1n) is 5.05. The van der Waals surface area contributed by atoms with Gasteiger partial charge in [0.05, 0.1) is 6.10 Å². The number of hydrogen-bond donors (Lipinski definition) is 2. The van der Waals surface area contributed by atoms with Gasteiger partial charge < -0.3 is 10.1 Å². The van der Waals surface area contributed by atoms with Crippen molar-refractivity contribution in [3.05, 3.63) is 54.1 Å². The molecule has 3 heteroatoms. The third-order valence-corrected chi connectivity index (χ3v) is 2.30. The maximum absolute atomic E-state index is 9.81. The number of benzene rings is 1. The molecule has 0 aliphatic rings. The standard InChI is InChI=1S/C12H14N2O/c15-11(9-12-13-6-7-14-12)8-10-4-2-1-3-5-10/h1-7,11,15H,8-9H2,(H,13,14). The summed E-state index contributed by atoms with van der Waals surface area (Å²) in [6, 6.07) is 9.98. The van der Waals surface area contributed by atoms with E-state index in [1.807, 2.05) is 30.3 Å². The monoisotopic (exact) mass is 202 g/mol. The number of rotatable bonds is 4. The predicted molar refractivity (Wildman–Crippen MR) is 58.4 cm³/mol. The second-order valence-corrected chi connectivity index (χ2v) is 3.58. The normalized spacial score (nSPS) is 12.6. The van der Waals surface area contributed by atoms with Gasteiger partial charge in [0.15, 0.2) is 0 Å². The summed E-state index contributed by atoms with van der Waals surface area (Å²) in [7, 11) is 0. The molecule has 78 valence electrons. The van der Waals surface area contributed by atoms with E-state index < -0.39 is 0 Å². The van der Waals surface area contributed by atoms with Crippen LogP contribution in [0.5, 0.6) is 0 Å². The average molecular weight is 202 g/mol. The van der Waals surface area contributed by atoms with Gasteiger partial charge in [0.1, 0.15) is 5.82 Å². The van der Waals surface area contributed by atoms with Crippen molar-refractivity contribution in [2.75, 3.05) is 0 Å². The lowest BCUT2D eigenvalue weighted by Gasteiger charge is -2.08. The maximum Gasteiger partial charge on any atom is 0.108 e. The molecule has 1 unspecified atom stereocenters. The first-order valence-corrected chi connectivity index (χ1v) is 5.05. The minimum Gasteiger partial charge on any atom is -0.392 e. The summed E-state index contributed by atoms with van der Waals surface area (Å²) >= 11 is 0. The zero-order valence-electron chi connectivity index (χ0n) is 8.43. The fraction of sp³-hybridized carbons (Fsp3) is 0.250. The summed E-state index contributed by atoms with van der Waals surface area (Å²) in [6.45, 7) is 0. The van der Waals surface area contributed by atoms with Gasteiger partial charge in [-0.05, 0) is 12.0 Å². The van der Waals surface area contributed by atoms with Gasteiger partial charge >= 0.3 is 0 Å². The molecule has 1 aromatic heterocycles. The zero-order chi connectivity index (χ0) is 10.5. The van der Waals surface area contributed by atoms with Crippen LogP contribution in [-0.4, -0.2) is 21.2 Å². The quantitative estimate of drug-likeness (QED) is 0.790. The van der Waals surface area contributed by atoms with Gasteiger partial charge in [-0.3, -0.25) is 0 Å². The van der Waals surface area contributed by atoms with E-state index in [0.717, 1.165) is 11.4 Å². The van der Waals surface area contributed by atoms with Crippen molar-refractivity contribution in [2.45, 2.75) is 18.9 Å². The van der Waals surface area contributed by atoms with Crippen LogP contribution in [0.15, 0.2) is 42.7 Å². The van der Waals surface area contributed by atoms with E-state index in [-0.39, 0.29) is 6.10 Å². The smallest absolute Gasteiger partial charge is 0.108 e. The molecule has 0 fully saturated rings. The van der Waals surface area contributed by atoms with Crippen LogP contribution < -0.4 is 0 Å². The Kier molecular flexibility index (Phi) is 3.15. The molecular formula is C12H14N2O. The Balaban J connectivity index is 1.90. The van der Waals surface area contributed by atoms with Gasteiger partial charge in [-0.25, -0.2) is 4.98 Å². The van der Waals surface area contributed by atoms with Crippen LogP contribution in [0.2, 0.25) is 0 Å². The minimum absolute atomic E-state index is 0.376. The fourth-order valence-electron chi connectivity index (χ4n) is 1.59. The minimum atomic E-state index is -0.376. The first kappa shape index (κ1) is 9.93. The Morgan fingerprint density at radius 1 is 1.20 bits per heavy atom. The number of imidazole rings is 1. The summed E-state index contributed by atoms with van der Waals surface area (Å²) in [5.74, 6) is 0.832. The van der Waals surface area contributed by atoms with Crippen LogP contribution in [0.3, 0.4) is 0 Å². The highest BCUT2D eigenvalue weighted by molar-refractivity contribution is 5.15. The number of nitrogens with one attached hydrogen (secondary N) is 1. The van der Waals surface area contributed by atoms with E-state index >= 15 is 0 Å². The van der Waals surface area contributed by atoms with E-state index in [0.29, 0.717) is 12.8 Å². The number of aliphatic hydroxyl groups is 1. The number of aromatic nitrogens is 2. The van der Waals surface area contributed by atoms with E-state index in [1.54, 1.807) is 12.4 Å². The van der Waals surface area contributed by atoms with E-state index in [9.17, 15) is 5.11 Å². The van der Waals surface area contributed by atoms with E-state index in [2.05, 4.69) is 9.97 Å². The third kappa shape index (κ3) is 2.92. The van der Waals surface area contributed by atoms with Crippen LogP contribution in [0, 0.1) is 0 Å². The Morgan fingerprint density at radius 3 is 2.67 bits per heavy atom. The molecule has 0 amide bonds. The largest absolute Gasteiger partial charge is 0.392 e. The van der Waals surface area contributed by atoms with Crippen LogP contribution in [-0.2, 0) is 12.8 Å². The van der Waals surface area contributed by atoms with Crippen molar-refractivity contribution in [3.63, 3.8) is 0 Å². The molecule has 0 bridgehead atoms. The van der Waals surface area contributed by atoms with Gasteiger partial charge in [-0.2, -0.15) is 0 Å². The number of H-pyrrole nitrogens is 1. The molecule has 2 N–H and O–H groups in total. The summed E-state index contributed by atoms with van der Waals surface area (Å²) in [5.41, 5.74) is 1.15. The summed E-state index contributed by atoms with van der Waals surface area (Å²) < 4.78 is 0. The van der Waals surface area contributed by atoms with Crippen molar-refractivity contribution in [2.24, 2.45) is 0 Å². The number of nitrogens with zero attached hydrogens (tertiary/aromatic N) is 1. The second-order valence-electron chi connectivity index (χ2n) is 3.58. The molecule has 0 saturated heterocycles. The highest BCUT2D eigenvalue weighted by Crippen LogP contribution is 2.06. The van der Waals surface area contributed by atoms with Gasteiger partial charge in [0.2, 0.25) is 0 Å². The number of hydrogen-bond acceptors (Lipinski definition) is 2. The average Bonchev–Trinajstić information content (AvgIpc) is 2.71. The van der Waals surface area contributed by atoms with Crippen LogP contribution >= 0.6 is 0 Å². The van der Waals surface area contributed by atoms with Crippen LogP contribution in [0.1, 0.15) is 11.4 Å². The Labute approximate surface area is 88.8 Å². The molecule has 2 aromatic rings.